The van der Waals surface area contributed by atoms with Crippen molar-refractivity contribution in [1.82, 2.24) is 14.8 Å². The number of nitrogens with zero attached hydrogens (tertiary/aromatic N) is 3. The molecule has 1 saturated heterocycles. The van der Waals surface area contributed by atoms with Gasteiger partial charge in [0.2, 0.25) is 0 Å². The van der Waals surface area contributed by atoms with Crippen molar-refractivity contribution in [2.75, 3.05) is 38.5 Å². The van der Waals surface area contributed by atoms with Crippen LogP contribution in [-0.4, -0.2) is 60.0 Å². The number of carbonyl (C=O) groups excluding carboxylic acids is 1. The molecule has 21 heavy (non-hydrogen) atoms. The second-order valence-electron chi connectivity index (χ2n) is 5.52. The average Bonchev–Trinajstić information content (AvgIpc) is 2.61. The minimum Gasteiger partial charge on any atom is -0.370 e. The molecule has 0 saturated carbocycles. The highest BCUT2D eigenvalue weighted by molar-refractivity contribution is 6.33. The Kier molecular flexibility index (Phi) is 5.42. The zero-order chi connectivity index (χ0) is 15.4. The maximum absolute atomic E-state index is 12.8. The van der Waals surface area contributed by atoms with Crippen LogP contribution in [0.4, 0.5) is 5.82 Å². The van der Waals surface area contributed by atoms with E-state index >= 15 is 0 Å². The van der Waals surface area contributed by atoms with E-state index < -0.39 is 0 Å². The molecule has 1 aliphatic heterocycles. The normalized spacial score (nSPS) is 20.2. The van der Waals surface area contributed by atoms with E-state index in [1.165, 1.54) is 0 Å². The molecule has 0 aliphatic carbocycles. The number of likely N-dealkylation sites (N-methyl/N-ethyl adjacent to an activating group) is 1. The molecule has 1 aromatic heterocycles. The van der Waals surface area contributed by atoms with Crippen LogP contribution in [0.5, 0.6) is 0 Å². The molecule has 1 fully saturated rings. The molecule has 0 radical (unpaired) electrons. The number of hydrogen-bond donors (Lipinski definition) is 1. The van der Waals surface area contributed by atoms with Gasteiger partial charge in [0.05, 0.1) is 5.02 Å². The Morgan fingerprint density at radius 1 is 1.48 bits per heavy atom. The summed E-state index contributed by atoms with van der Waals surface area (Å²) in [5, 5.41) is 3.52. The highest BCUT2D eigenvalue weighted by Crippen LogP contribution is 2.20. The molecular weight excluding hydrogens is 288 g/mol. The van der Waals surface area contributed by atoms with Gasteiger partial charge >= 0.3 is 0 Å². The summed E-state index contributed by atoms with van der Waals surface area (Å²) in [6, 6.07) is 3.68. The lowest BCUT2D eigenvalue weighted by molar-refractivity contribution is 0.0691. The van der Waals surface area contributed by atoms with E-state index in [2.05, 4.69) is 29.2 Å². The Morgan fingerprint density at radius 3 is 2.95 bits per heavy atom. The zero-order valence-corrected chi connectivity index (χ0v) is 13.7. The van der Waals surface area contributed by atoms with Crippen molar-refractivity contribution < 1.29 is 4.79 Å². The number of pyridine rings is 1. The van der Waals surface area contributed by atoms with E-state index in [-0.39, 0.29) is 11.9 Å². The predicted octanol–water partition coefficient (Wildman–Crippen LogP) is 2.33. The maximum Gasteiger partial charge on any atom is 0.274 e. The van der Waals surface area contributed by atoms with Crippen LogP contribution in [0.15, 0.2) is 12.1 Å². The molecule has 1 aliphatic rings. The van der Waals surface area contributed by atoms with Gasteiger partial charge in [0.1, 0.15) is 11.5 Å². The van der Waals surface area contributed by atoms with E-state index in [9.17, 15) is 4.79 Å². The summed E-state index contributed by atoms with van der Waals surface area (Å²) in [5.74, 6) is 0.604. The monoisotopic (exact) mass is 310 g/mol. The molecule has 6 heteroatoms. The van der Waals surface area contributed by atoms with Gasteiger partial charge in [-0.2, -0.15) is 0 Å². The summed E-state index contributed by atoms with van der Waals surface area (Å²) >= 11 is 6.18. The van der Waals surface area contributed by atoms with Gasteiger partial charge in [-0.1, -0.05) is 11.6 Å². The van der Waals surface area contributed by atoms with Crippen LogP contribution in [0.3, 0.4) is 0 Å². The molecule has 2 heterocycles. The van der Waals surface area contributed by atoms with Crippen molar-refractivity contribution in [2.45, 2.75) is 26.3 Å². The SMILES string of the molecule is CCNc1ccc(Cl)c(C(=O)N2CCCN(C)CC2C)n1. The lowest BCUT2D eigenvalue weighted by atomic mass is 10.2. The van der Waals surface area contributed by atoms with Crippen LogP contribution < -0.4 is 5.32 Å². The van der Waals surface area contributed by atoms with Crippen LogP contribution in [-0.2, 0) is 0 Å². The number of aromatic nitrogens is 1. The molecule has 0 spiro atoms. The minimum absolute atomic E-state index is 0.0810. The van der Waals surface area contributed by atoms with E-state index in [4.69, 9.17) is 11.6 Å². The van der Waals surface area contributed by atoms with Gasteiger partial charge in [-0.05, 0) is 46.0 Å². The summed E-state index contributed by atoms with van der Waals surface area (Å²) in [6.45, 7) is 7.44. The molecule has 116 valence electrons. The Morgan fingerprint density at radius 2 is 2.24 bits per heavy atom. The van der Waals surface area contributed by atoms with E-state index in [1.807, 2.05) is 11.8 Å². The van der Waals surface area contributed by atoms with Gasteiger partial charge in [0.15, 0.2) is 0 Å². The predicted molar refractivity (Wildman–Crippen MR) is 86.0 cm³/mol. The molecule has 1 atom stereocenters. The third kappa shape index (κ3) is 3.86. The molecule has 0 bridgehead atoms. The number of anilines is 1. The first kappa shape index (κ1) is 16.0. The van der Waals surface area contributed by atoms with Gasteiger partial charge in [-0.25, -0.2) is 4.98 Å². The molecule has 1 aromatic rings. The second-order valence-corrected chi connectivity index (χ2v) is 5.93. The third-order valence-corrected chi connectivity index (χ3v) is 4.02. The minimum atomic E-state index is -0.0810. The number of carbonyl (C=O) groups is 1. The largest absolute Gasteiger partial charge is 0.370 e. The molecule has 1 N–H and O–H groups in total. The van der Waals surface area contributed by atoms with Crippen molar-refractivity contribution in [3.8, 4) is 0 Å². The summed E-state index contributed by atoms with van der Waals surface area (Å²) in [6.07, 6.45) is 0.969. The molecule has 1 amide bonds. The highest BCUT2D eigenvalue weighted by atomic mass is 35.5. The number of nitrogens with one attached hydrogen (secondary N) is 1. The van der Waals surface area contributed by atoms with Gasteiger partial charge < -0.3 is 15.1 Å². The lowest BCUT2D eigenvalue weighted by Crippen LogP contribution is -2.42. The van der Waals surface area contributed by atoms with Crippen molar-refractivity contribution in [3.05, 3.63) is 22.8 Å². The topological polar surface area (TPSA) is 48.5 Å². The summed E-state index contributed by atoms with van der Waals surface area (Å²) in [5.41, 5.74) is 0.339. The van der Waals surface area contributed by atoms with E-state index in [0.29, 0.717) is 16.5 Å². The average molecular weight is 311 g/mol. The molecule has 0 aromatic carbocycles. The number of amides is 1. The first-order valence-electron chi connectivity index (χ1n) is 7.42. The number of hydrogen-bond acceptors (Lipinski definition) is 4. The first-order valence-corrected chi connectivity index (χ1v) is 7.80. The fraction of sp³-hybridized carbons (Fsp3) is 0.600. The van der Waals surface area contributed by atoms with Crippen molar-refractivity contribution in [3.63, 3.8) is 0 Å². The van der Waals surface area contributed by atoms with Crippen molar-refractivity contribution >= 4 is 23.3 Å². The molecule has 1 unspecified atom stereocenters. The Labute approximate surface area is 131 Å². The zero-order valence-electron chi connectivity index (χ0n) is 12.9. The number of halogens is 1. The van der Waals surface area contributed by atoms with Gasteiger partial charge in [-0.3, -0.25) is 4.79 Å². The van der Waals surface area contributed by atoms with Gasteiger partial charge in [-0.15, -0.1) is 0 Å². The third-order valence-electron chi connectivity index (χ3n) is 3.71. The first-order chi connectivity index (χ1) is 10.0. The fourth-order valence-electron chi connectivity index (χ4n) is 2.68. The second kappa shape index (κ2) is 7.09. The smallest absolute Gasteiger partial charge is 0.274 e. The summed E-state index contributed by atoms with van der Waals surface area (Å²) in [4.78, 5) is 21.3. The van der Waals surface area contributed by atoms with Crippen LogP contribution in [0.25, 0.3) is 0 Å². The summed E-state index contributed by atoms with van der Waals surface area (Å²) in [7, 11) is 2.08. The van der Waals surface area contributed by atoms with Crippen LogP contribution in [0, 0.1) is 0 Å². The van der Waals surface area contributed by atoms with E-state index in [1.54, 1.807) is 12.1 Å². The van der Waals surface area contributed by atoms with Gasteiger partial charge in [0.25, 0.3) is 5.91 Å². The molecule has 5 nitrogen and oxygen atoms in total. The lowest BCUT2D eigenvalue weighted by Gasteiger charge is -2.28. The highest BCUT2D eigenvalue weighted by Gasteiger charge is 2.27. The van der Waals surface area contributed by atoms with E-state index in [0.717, 1.165) is 32.6 Å². The Balaban J connectivity index is 2.23. The Bertz CT molecular complexity index is 508. The maximum atomic E-state index is 12.8. The molecule has 2 rings (SSSR count). The van der Waals surface area contributed by atoms with Gasteiger partial charge in [0, 0.05) is 25.7 Å². The van der Waals surface area contributed by atoms with Crippen LogP contribution in [0.2, 0.25) is 5.02 Å². The van der Waals surface area contributed by atoms with Crippen LogP contribution >= 0.6 is 11.6 Å². The van der Waals surface area contributed by atoms with Crippen molar-refractivity contribution in [1.29, 1.82) is 0 Å². The number of rotatable bonds is 3. The summed E-state index contributed by atoms with van der Waals surface area (Å²) < 4.78 is 0. The molecular formula is C15H23ClN4O. The quantitative estimate of drug-likeness (QED) is 0.931. The standard InChI is InChI=1S/C15H23ClN4O/c1-4-17-13-7-6-12(16)14(18-13)15(21)20-9-5-8-19(3)10-11(20)2/h6-7,11H,4-5,8-10H2,1-3H3,(H,17,18). The fourth-order valence-corrected chi connectivity index (χ4v) is 2.87. The van der Waals surface area contributed by atoms with Crippen molar-refractivity contribution in [2.24, 2.45) is 0 Å². The Hall–Kier alpha value is -1.33. The van der Waals surface area contributed by atoms with Crippen LogP contribution in [0.1, 0.15) is 30.8 Å².